The van der Waals surface area contributed by atoms with Crippen molar-refractivity contribution in [3.8, 4) is 22.5 Å². The Morgan fingerprint density at radius 3 is 2.56 bits per heavy atom. The SMILES string of the molecule is O=c1[nH]c2ccccc2cc1-c1c(-c2ccc(F)cc2)nc2ccccn12. The van der Waals surface area contributed by atoms with E-state index in [-0.39, 0.29) is 11.4 Å². The summed E-state index contributed by atoms with van der Waals surface area (Å²) in [6.07, 6.45) is 1.87. The molecule has 5 rings (SSSR count). The first-order chi connectivity index (χ1) is 13.2. The molecule has 0 spiro atoms. The van der Waals surface area contributed by atoms with E-state index >= 15 is 0 Å². The van der Waals surface area contributed by atoms with Crippen molar-refractivity contribution in [1.82, 2.24) is 14.4 Å². The molecule has 1 N–H and O–H groups in total. The Morgan fingerprint density at radius 1 is 0.926 bits per heavy atom. The highest BCUT2D eigenvalue weighted by atomic mass is 19.1. The molecule has 3 aromatic heterocycles. The predicted octanol–water partition coefficient (Wildman–Crippen LogP) is 4.65. The van der Waals surface area contributed by atoms with Gasteiger partial charge in [0.15, 0.2) is 0 Å². The first-order valence-corrected chi connectivity index (χ1v) is 8.56. The van der Waals surface area contributed by atoms with Gasteiger partial charge in [0.25, 0.3) is 5.56 Å². The Hall–Kier alpha value is -3.73. The van der Waals surface area contributed by atoms with E-state index in [0.29, 0.717) is 17.0 Å². The van der Waals surface area contributed by atoms with Crippen LogP contribution in [0, 0.1) is 5.82 Å². The van der Waals surface area contributed by atoms with Crippen LogP contribution in [0.5, 0.6) is 0 Å². The number of H-pyrrole nitrogens is 1. The Kier molecular flexibility index (Phi) is 3.40. The molecule has 4 nitrogen and oxygen atoms in total. The van der Waals surface area contributed by atoms with Crippen LogP contribution >= 0.6 is 0 Å². The summed E-state index contributed by atoms with van der Waals surface area (Å²) in [4.78, 5) is 20.5. The van der Waals surface area contributed by atoms with Crippen LogP contribution in [0.2, 0.25) is 0 Å². The molecule has 0 saturated heterocycles. The summed E-state index contributed by atoms with van der Waals surface area (Å²) in [5, 5.41) is 0.933. The highest BCUT2D eigenvalue weighted by Crippen LogP contribution is 2.32. The second-order valence-corrected chi connectivity index (χ2v) is 6.34. The monoisotopic (exact) mass is 355 g/mol. The van der Waals surface area contributed by atoms with Crippen molar-refractivity contribution < 1.29 is 4.39 Å². The summed E-state index contributed by atoms with van der Waals surface area (Å²) in [5.74, 6) is -0.312. The zero-order valence-electron chi connectivity index (χ0n) is 14.2. The maximum absolute atomic E-state index is 13.4. The molecule has 5 heteroatoms. The lowest BCUT2D eigenvalue weighted by molar-refractivity contribution is 0.628. The van der Waals surface area contributed by atoms with Gasteiger partial charge in [0.05, 0.1) is 17.0 Å². The molecule has 0 unspecified atom stereocenters. The first-order valence-electron chi connectivity index (χ1n) is 8.56. The van der Waals surface area contributed by atoms with Crippen molar-refractivity contribution in [3.05, 3.63) is 95.2 Å². The van der Waals surface area contributed by atoms with E-state index in [1.54, 1.807) is 12.1 Å². The molecule has 0 amide bonds. The van der Waals surface area contributed by atoms with Crippen molar-refractivity contribution >= 4 is 16.6 Å². The zero-order valence-corrected chi connectivity index (χ0v) is 14.2. The van der Waals surface area contributed by atoms with Crippen LogP contribution in [0.1, 0.15) is 0 Å². The van der Waals surface area contributed by atoms with Gasteiger partial charge in [0.2, 0.25) is 0 Å². The van der Waals surface area contributed by atoms with Crippen LogP contribution in [-0.2, 0) is 0 Å². The molecule has 2 aromatic carbocycles. The molecule has 5 aromatic rings. The maximum Gasteiger partial charge on any atom is 0.257 e. The summed E-state index contributed by atoms with van der Waals surface area (Å²) in [7, 11) is 0. The van der Waals surface area contributed by atoms with Gasteiger partial charge in [0, 0.05) is 17.3 Å². The number of imidazole rings is 1. The smallest absolute Gasteiger partial charge is 0.257 e. The molecule has 27 heavy (non-hydrogen) atoms. The lowest BCUT2D eigenvalue weighted by Gasteiger charge is -2.07. The first kappa shape index (κ1) is 15.5. The number of aromatic nitrogens is 3. The number of hydrogen-bond donors (Lipinski definition) is 1. The molecule has 0 bridgehead atoms. The fraction of sp³-hybridized carbons (Fsp3) is 0. The van der Waals surface area contributed by atoms with Gasteiger partial charge in [-0.25, -0.2) is 9.37 Å². The Morgan fingerprint density at radius 2 is 1.70 bits per heavy atom. The van der Waals surface area contributed by atoms with Crippen LogP contribution in [0.3, 0.4) is 0 Å². The van der Waals surface area contributed by atoms with Gasteiger partial charge < -0.3 is 4.98 Å². The Bertz CT molecular complexity index is 1350. The third kappa shape index (κ3) is 2.52. The van der Waals surface area contributed by atoms with Gasteiger partial charge in [-0.2, -0.15) is 0 Å². The van der Waals surface area contributed by atoms with E-state index in [1.165, 1.54) is 12.1 Å². The lowest BCUT2D eigenvalue weighted by atomic mass is 10.0. The number of para-hydroxylation sites is 1. The normalized spacial score (nSPS) is 11.3. The van der Waals surface area contributed by atoms with Gasteiger partial charge in [-0.15, -0.1) is 0 Å². The number of fused-ring (bicyclic) bond motifs is 2. The molecule has 0 aliphatic heterocycles. The molecule has 0 saturated carbocycles. The fourth-order valence-electron chi connectivity index (χ4n) is 3.39. The number of rotatable bonds is 2. The van der Waals surface area contributed by atoms with Crippen LogP contribution in [0.25, 0.3) is 39.1 Å². The predicted molar refractivity (Wildman–Crippen MR) is 104 cm³/mol. The van der Waals surface area contributed by atoms with Crippen molar-refractivity contribution in [2.75, 3.05) is 0 Å². The highest BCUT2D eigenvalue weighted by molar-refractivity contribution is 5.87. The van der Waals surface area contributed by atoms with E-state index in [0.717, 1.165) is 22.1 Å². The minimum atomic E-state index is -0.312. The van der Waals surface area contributed by atoms with Gasteiger partial charge in [0.1, 0.15) is 11.5 Å². The number of nitrogens with one attached hydrogen (secondary N) is 1. The van der Waals surface area contributed by atoms with Gasteiger partial charge in [-0.05, 0) is 53.9 Å². The van der Waals surface area contributed by atoms with E-state index in [2.05, 4.69) is 4.98 Å². The van der Waals surface area contributed by atoms with E-state index < -0.39 is 0 Å². The van der Waals surface area contributed by atoms with Crippen molar-refractivity contribution in [1.29, 1.82) is 0 Å². The molecule has 0 fully saturated rings. The van der Waals surface area contributed by atoms with Gasteiger partial charge in [-0.1, -0.05) is 24.3 Å². The van der Waals surface area contributed by atoms with E-state index in [4.69, 9.17) is 4.98 Å². The van der Waals surface area contributed by atoms with Crippen LogP contribution in [0.4, 0.5) is 4.39 Å². The fourth-order valence-corrected chi connectivity index (χ4v) is 3.39. The summed E-state index contributed by atoms with van der Waals surface area (Å²) < 4.78 is 15.3. The molecule has 3 heterocycles. The average Bonchev–Trinajstić information content (AvgIpc) is 3.07. The molecule has 0 radical (unpaired) electrons. The van der Waals surface area contributed by atoms with E-state index in [9.17, 15) is 9.18 Å². The summed E-state index contributed by atoms with van der Waals surface area (Å²) >= 11 is 0. The molecular weight excluding hydrogens is 341 g/mol. The maximum atomic E-state index is 13.4. The molecule has 130 valence electrons. The highest BCUT2D eigenvalue weighted by Gasteiger charge is 2.18. The molecule has 0 aliphatic rings. The van der Waals surface area contributed by atoms with Gasteiger partial charge in [-0.3, -0.25) is 9.20 Å². The summed E-state index contributed by atoms with van der Waals surface area (Å²) in [6.45, 7) is 0. The second-order valence-electron chi connectivity index (χ2n) is 6.34. The Balaban J connectivity index is 1.87. The zero-order chi connectivity index (χ0) is 18.4. The van der Waals surface area contributed by atoms with Crippen molar-refractivity contribution in [2.45, 2.75) is 0 Å². The minimum absolute atomic E-state index is 0.192. The summed E-state index contributed by atoms with van der Waals surface area (Å²) in [5.41, 5.74) is 3.91. The van der Waals surface area contributed by atoms with E-state index in [1.807, 2.05) is 59.1 Å². The number of benzene rings is 2. The average molecular weight is 355 g/mol. The molecular formula is C22H14FN3O. The van der Waals surface area contributed by atoms with Crippen LogP contribution in [-0.4, -0.2) is 14.4 Å². The van der Waals surface area contributed by atoms with Crippen LogP contribution < -0.4 is 5.56 Å². The topological polar surface area (TPSA) is 50.2 Å². The molecule has 0 aliphatic carbocycles. The second kappa shape index (κ2) is 5.92. The van der Waals surface area contributed by atoms with Crippen molar-refractivity contribution in [2.24, 2.45) is 0 Å². The number of halogens is 1. The number of nitrogens with zero attached hydrogens (tertiary/aromatic N) is 2. The number of aromatic amines is 1. The van der Waals surface area contributed by atoms with Crippen LogP contribution in [0.15, 0.2) is 83.8 Å². The van der Waals surface area contributed by atoms with Gasteiger partial charge >= 0.3 is 0 Å². The largest absolute Gasteiger partial charge is 0.321 e. The third-order valence-corrected chi connectivity index (χ3v) is 4.66. The third-order valence-electron chi connectivity index (χ3n) is 4.66. The Labute approximate surface area is 153 Å². The minimum Gasteiger partial charge on any atom is -0.321 e. The van der Waals surface area contributed by atoms with Crippen molar-refractivity contribution in [3.63, 3.8) is 0 Å². The number of hydrogen-bond acceptors (Lipinski definition) is 2. The number of pyridine rings is 2. The molecule has 0 atom stereocenters. The quantitative estimate of drug-likeness (QED) is 0.501. The standard InChI is InChI=1S/C22H14FN3O/c23-16-10-8-14(9-11-16)20-21(26-12-4-3-7-19(26)25-20)17-13-15-5-1-2-6-18(15)24-22(17)27/h1-13H,(H,24,27). The summed E-state index contributed by atoms with van der Waals surface area (Å²) in [6, 6.07) is 21.3. The lowest BCUT2D eigenvalue weighted by Crippen LogP contribution is -2.10.